The summed E-state index contributed by atoms with van der Waals surface area (Å²) in [6, 6.07) is 7.32. The van der Waals surface area contributed by atoms with Crippen LogP contribution in [-0.2, 0) is 20.0 Å². The molecule has 6 nitrogen and oxygen atoms in total. The van der Waals surface area contributed by atoms with E-state index in [1.165, 1.54) is 0 Å². The second-order valence-corrected chi connectivity index (χ2v) is 5.53. The van der Waals surface area contributed by atoms with Gasteiger partial charge in [0, 0.05) is 45.5 Å². The average molecular weight is 443 g/mol. The van der Waals surface area contributed by atoms with E-state index in [0.29, 0.717) is 12.3 Å². The molecule has 2 rings (SSSR count). The van der Waals surface area contributed by atoms with Crippen LogP contribution >= 0.6 is 24.0 Å². The Morgan fingerprint density at radius 1 is 1.38 bits per heavy atom. The molecule has 1 aromatic heterocycles. The molecular formula is C17H26IN5O. The fraction of sp³-hybridized carbons (Fsp3) is 0.412. The number of phenols is 1. The van der Waals surface area contributed by atoms with Crippen LogP contribution in [-0.4, -0.2) is 45.9 Å². The quantitative estimate of drug-likeness (QED) is 0.409. The number of halogens is 1. The molecule has 0 spiro atoms. The van der Waals surface area contributed by atoms with E-state index < -0.39 is 0 Å². The maximum absolute atomic E-state index is 9.50. The van der Waals surface area contributed by atoms with Gasteiger partial charge in [-0.15, -0.1) is 24.0 Å². The molecule has 0 aliphatic carbocycles. The number of aromatic nitrogens is 2. The van der Waals surface area contributed by atoms with Crippen molar-refractivity contribution in [3.63, 3.8) is 0 Å². The van der Waals surface area contributed by atoms with Gasteiger partial charge in [0.1, 0.15) is 5.75 Å². The Bertz CT molecular complexity index is 656. The van der Waals surface area contributed by atoms with Crippen molar-refractivity contribution in [2.75, 3.05) is 20.1 Å². The molecule has 0 saturated carbocycles. The summed E-state index contributed by atoms with van der Waals surface area (Å²) in [7, 11) is 3.93. The molecular weight excluding hydrogens is 417 g/mol. The van der Waals surface area contributed by atoms with Crippen molar-refractivity contribution in [3.8, 4) is 5.75 Å². The summed E-state index contributed by atoms with van der Waals surface area (Å²) in [5, 5.41) is 17.0. The number of phenolic OH excluding ortho intramolecular Hbond substituents is 1. The maximum Gasteiger partial charge on any atom is 0.193 e. The summed E-state index contributed by atoms with van der Waals surface area (Å²) in [5.41, 5.74) is 2.23. The highest BCUT2D eigenvalue weighted by Gasteiger charge is 2.07. The predicted octanol–water partition coefficient (Wildman–Crippen LogP) is 2.38. The fourth-order valence-corrected chi connectivity index (χ4v) is 2.37. The molecule has 1 aromatic carbocycles. The zero-order valence-corrected chi connectivity index (χ0v) is 16.8. The summed E-state index contributed by atoms with van der Waals surface area (Å²) < 4.78 is 1.80. The highest BCUT2D eigenvalue weighted by molar-refractivity contribution is 14.0. The Balaban J connectivity index is 0.00000288. The summed E-state index contributed by atoms with van der Waals surface area (Å²) >= 11 is 0. The number of hydrogen-bond donors (Lipinski definition) is 2. The molecule has 0 saturated heterocycles. The first-order valence-corrected chi connectivity index (χ1v) is 7.83. The van der Waals surface area contributed by atoms with Crippen LogP contribution in [0.25, 0.3) is 0 Å². The minimum absolute atomic E-state index is 0. The lowest BCUT2D eigenvalue weighted by Gasteiger charge is -2.21. The standard InChI is InChI=1S/C17H25N5O.HI/c1-4-18-17(21(2)12-15-11-20-22(3)13-15)19-9-8-14-6-5-7-16(23)10-14;/h5-7,10-11,13,23H,4,8-9,12H2,1-3H3,(H,18,19);1H. The average Bonchev–Trinajstić information content (AvgIpc) is 2.91. The number of guanidine groups is 1. The largest absolute Gasteiger partial charge is 0.508 e. The maximum atomic E-state index is 9.50. The Kier molecular flexibility index (Phi) is 8.59. The Hall–Kier alpha value is -1.77. The number of aryl methyl sites for hydroxylation is 1. The minimum atomic E-state index is 0. The lowest BCUT2D eigenvalue weighted by molar-refractivity contribution is 0.474. The summed E-state index contributed by atoms with van der Waals surface area (Å²) in [5.74, 6) is 1.17. The molecule has 2 N–H and O–H groups in total. The minimum Gasteiger partial charge on any atom is -0.508 e. The first-order chi connectivity index (χ1) is 11.1. The van der Waals surface area contributed by atoms with Gasteiger partial charge < -0.3 is 15.3 Å². The predicted molar refractivity (Wildman–Crippen MR) is 108 cm³/mol. The van der Waals surface area contributed by atoms with Crippen molar-refractivity contribution < 1.29 is 5.11 Å². The summed E-state index contributed by atoms with van der Waals surface area (Å²) in [4.78, 5) is 6.75. The third kappa shape index (κ3) is 6.38. The molecule has 0 aliphatic rings. The van der Waals surface area contributed by atoms with E-state index in [-0.39, 0.29) is 24.0 Å². The molecule has 24 heavy (non-hydrogen) atoms. The van der Waals surface area contributed by atoms with E-state index >= 15 is 0 Å². The van der Waals surface area contributed by atoms with E-state index in [2.05, 4.69) is 27.2 Å². The molecule has 0 amide bonds. The van der Waals surface area contributed by atoms with Crippen LogP contribution in [0.2, 0.25) is 0 Å². The van der Waals surface area contributed by atoms with Crippen LogP contribution in [0.3, 0.4) is 0 Å². The van der Waals surface area contributed by atoms with E-state index in [4.69, 9.17) is 0 Å². The third-order valence-electron chi connectivity index (χ3n) is 3.45. The van der Waals surface area contributed by atoms with Gasteiger partial charge in [0.25, 0.3) is 0 Å². The number of nitrogens with one attached hydrogen (secondary N) is 1. The number of aliphatic imine (C=N–C) groups is 1. The zero-order valence-electron chi connectivity index (χ0n) is 14.4. The van der Waals surface area contributed by atoms with Crippen molar-refractivity contribution in [2.24, 2.45) is 12.0 Å². The number of rotatable bonds is 6. The van der Waals surface area contributed by atoms with Gasteiger partial charge in [-0.2, -0.15) is 5.10 Å². The van der Waals surface area contributed by atoms with E-state index in [1.807, 2.05) is 38.6 Å². The fourth-order valence-electron chi connectivity index (χ4n) is 2.37. The van der Waals surface area contributed by atoms with E-state index in [1.54, 1.807) is 16.8 Å². The molecule has 0 fully saturated rings. The van der Waals surface area contributed by atoms with Crippen molar-refractivity contribution in [1.29, 1.82) is 0 Å². The summed E-state index contributed by atoms with van der Waals surface area (Å²) in [6.45, 7) is 4.31. The first-order valence-electron chi connectivity index (χ1n) is 7.83. The second-order valence-electron chi connectivity index (χ2n) is 5.53. The van der Waals surface area contributed by atoms with Gasteiger partial charge in [-0.3, -0.25) is 9.67 Å². The van der Waals surface area contributed by atoms with Gasteiger partial charge in [0.05, 0.1) is 6.20 Å². The van der Waals surface area contributed by atoms with Gasteiger partial charge in [0.2, 0.25) is 0 Å². The smallest absolute Gasteiger partial charge is 0.193 e. The highest BCUT2D eigenvalue weighted by Crippen LogP contribution is 2.11. The molecule has 0 radical (unpaired) electrons. The Labute approximate surface area is 160 Å². The monoisotopic (exact) mass is 443 g/mol. The molecule has 0 atom stereocenters. The van der Waals surface area contributed by atoms with Crippen LogP contribution in [0.15, 0.2) is 41.7 Å². The third-order valence-corrected chi connectivity index (χ3v) is 3.45. The second kappa shape index (κ2) is 10.2. The van der Waals surface area contributed by atoms with Crippen LogP contribution in [0, 0.1) is 0 Å². The van der Waals surface area contributed by atoms with Crippen molar-refractivity contribution in [3.05, 3.63) is 47.8 Å². The van der Waals surface area contributed by atoms with Crippen LogP contribution in [0.4, 0.5) is 0 Å². The van der Waals surface area contributed by atoms with Crippen molar-refractivity contribution in [2.45, 2.75) is 19.9 Å². The van der Waals surface area contributed by atoms with Gasteiger partial charge in [-0.05, 0) is 31.0 Å². The Morgan fingerprint density at radius 3 is 2.79 bits per heavy atom. The zero-order chi connectivity index (χ0) is 16.7. The SMILES string of the molecule is CCNC(=NCCc1cccc(O)c1)N(C)Cc1cnn(C)c1.I. The number of aromatic hydroxyl groups is 1. The molecule has 1 heterocycles. The number of benzene rings is 1. The van der Waals surface area contributed by atoms with Gasteiger partial charge in [0.15, 0.2) is 5.96 Å². The van der Waals surface area contributed by atoms with Crippen LogP contribution in [0.5, 0.6) is 5.75 Å². The molecule has 7 heteroatoms. The lowest BCUT2D eigenvalue weighted by atomic mass is 10.1. The highest BCUT2D eigenvalue weighted by atomic mass is 127. The Morgan fingerprint density at radius 2 is 2.17 bits per heavy atom. The topological polar surface area (TPSA) is 65.7 Å². The van der Waals surface area contributed by atoms with Crippen LogP contribution in [0.1, 0.15) is 18.1 Å². The number of hydrogen-bond acceptors (Lipinski definition) is 3. The van der Waals surface area contributed by atoms with Crippen LogP contribution < -0.4 is 5.32 Å². The van der Waals surface area contributed by atoms with Gasteiger partial charge >= 0.3 is 0 Å². The molecule has 132 valence electrons. The molecule has 0 bridgehead atoms. The first kappa shape index (κ1) is 20.3. The lowest BCUT2D eigenvalue weighted by Crippen LogP contribution is -2.38. The van der Waals surface area contributed by atoms with Crippen molar-refractivity contribution >= 4 is 29.9 Å². The number of nitrogens with zero attached hydrogens (tertiary/aromatic N) is 4. The normalized spacial score (nSPS) is 11.0. The van der Waals surface area contributed by atoms with Gasteiger partial charge in [-0.25, -0.2) is 0 Å². The summed E-state index contributed by atoms with van der Waals surface area (Å²) in [6.07, 6.45) is 4.67. The van der Waals surface area contributed by atoms with Gasteiger partial charge in [-0.1, -0.05) is 12.1 Å². The molecule has 2 aromatic rings. The molecule has 0 unspecified atom stereocenters. The molecule has 0 aliphatic heterocycles. The van der Waals surface area contributed by atoms with E-state index in [0.717, 1.165) is 36.6 Å². The van der Waals surface area contributed by atoms with E-state index in [9.17, 15) is 5.11 Å². The van der Waals surface area contributed by atoms with Crippen molar-refractivity contribution in [1.82, 2.24) is 20.0 Å².